The monoisotopic (exact) mass is 368 g/mol. The summed E-state index contributed by atoms with van der Waals surface area (Å²) < 4.78 is 5.81. The molecule has 2 fully saturated rings. The first kappa shape index (κ1) is 18.1. The molecule has 2 heterocycles. The molecule has 1 saturated carbocycles. The van der Waals surface area contributed by atoms with E-state index in [4.69, 9.17) is 4.42 Å². The van der Waals surface area contributed by atoms with Gasteiger partial charge in [-0.3, -0.25) is 9.59 Å². The lowest BCUT2D eigenvalue weighted by molar-refractivity contribution is -0.134. The minimum atomic E-state index is -0.0740. The van der Waals surface area contributed by atoms with Crippen LogP contribution in [0.5, 0.6) is 0 Å². The first-order valence-corrected chi connectivity index (χ1v) is 10.1. The number of para-hydroxylation sites is 1. The van der Waals surface area contributed by atoms with Crippen molar-refractivity contribution in [2.45, 2.75) is 64.0 Å². The first-order chi connectivity index (χ1) is 13.0. The molecule has 0 unspecified atom stereocenters. The summed E-state index contributed by atoms with van der Waals surface area (Å²) >= 11 is 0. The summed E-state index contributed by atoms with van der Waals surface area (Å²) in [7, 11) is 0. The third kappa shape index (κ3) is 3.13. The standard InChI is InChI=1S/C22H28N2O3/c1-3-23(21(26)20-13-17-9-5-6-10-19(17)27-20)18-14-22(11-7-4-8-12-22)24(15-18)16(2)25/h5-6,9-10,13,18H,3-4,7-8,11-12,14-15H2,1-2H3/t18-/m0/s1. The number of nitrogens with zero attached hydrogens (tertiary/aromatic N) is 2. The molecular formula is C22H28N2O3. The van der Waals surface area contributed by atoms with Gasteiger partial charge in [0.1, 0.15) is 5.58 Å². The van der Waals surface area contributed by atoms with Gasteiger partial charge in [-0.1, -0.05) is 37.5 Å². The molecule has 0 N–H and O–H groups in total. The molecule has 1 aromatic heterocycles. The topological polar surface area (TPSA) is 53.8 Å². The van der Waals surface area contributed by atoms with Crippen molar-refractivity contribution in [3.05, 3.63) is 36.1 Å². The molecule has 2 aromatic rings. The molecule has 0 radical (unpaired) electrons. The number of furan rings is 1. The zero-order chi connectivity index (χ0) is 19.0. The Hall–Kier alpha value is -2.30. The van der Waals surface area contributed by atoms with Crippen LogP contribution >= 0.6 is 0 Å². The highest BCUT2D eigenvalue weighted by molar-refractivity contribution is 5.96. The third-order valence-corrected chi connectivity index (χ3v) is 6.42. The molecule has 27 heavy (non-hydrogen) atoms. The predicted octanol–water partition coefficient (Wildman–Crippen LogP) is 4.22. The molecule has 4 rings (SSSR count). The molecule has 144 valence electrons. The number of likely N-dealkylation sites (tertiary alicyclic amines) is 1. The molecule has 1 saturated heterocycles. The number of carbonyl (C=O) groups is 2. The Balaban J connectivity index is 1.60. The lowest BCUT2D eigenvalue weighted by atomic mass is 9.79. The van der Waals surface area contributed by atoms with Crippen LogP contribution in [-0.4, -0.2) is 46.3 Å². The van der Waals surface area contributed by atoms with Crippen LogP contribution in [-0.2, 0) is 4.79 Å². The zero-order valence-electron chi connectivity index (χ0n) is 16.2. The second-order valence-electron chi connectivity index (χ2n) is 8.01. The Kier molecular flexibility index (Phi) is 4.70. The van der Waals surface area contributed by atoms with Gasteiger partial charge < -0.3 is 14.2 Å². The molecular weight excluding hydrogens is 340 g/mol. The highest BCUT2D eigenvalue weighted by Gasteiger charge is 2.49. The van der Waals surface area contributed by atoms with Gasteiger partial charge in [-0.05, 0) is 38.3 Å². The number of rotatable bonds is 3. The summed E-state index contributed by atoms with van der Waals surface area (Å²) in [6.45, 7) is 4.91. The summed E-state index contributed by atoms with van der Waals surface area (Å²) in [6, 6.07) is 9.57. The fourth-order valence-electron chi connectivity index (χ4n) is 5.17. The summed E-state index contributed by atoms with van der Waals surface area (Å²) in [5, 5.41) is 0.942. The Bertz CT molecular complexity index is 817. The van der Waals surface area contributed by atoms with Crippen molar-refractivity contribution in [3.63, 3.8) is 0 Å². The Morgan fingerprint density at radius 1 is 1.22 bits per heavy atom. The number of benzene rings is 1. The van der Waals surface area contributed by atoms with Crippen molar-refractivity contribution in [3.8, 4) is 0 Å². The van der Waals surface area contributed by atoms with E-state index in [9.17, 15) is 9.59 Å². The maximum atomic E-state index is 13.2. The smallest absolute Gasteiger partial charge is 0.289 e. The fourth-order valence-corrected chi connectivity index (χ4v) is 5.17. The van der Waals surface area contributed by atoms with Gasteiger partial charge >= 0.3 is 0 Å². The predicted molar refractivity (Wildman–Crippen MR) is 105 cm³/mol. The molecule has 0 bridgehead atoms. The SMILES string of the molecule is CCN(C(=O)c1cc2ccccc2o1)[C@@H]1CN(C(C)=O)C2(CCCCC2)C1. The maximum Gasteiger partial charge on any atom is 0.289 e. The van der Waals surface area contributed by atoms with Gasteiger partial charge in [0.25, 0.3) is 5.91 Å². The Morgan fingerprint density at radius 2 is 1.96 bits per heavy atom. The van der Waals surface area contributed by atoms with Crippen molar-refractivity contribution in [1.82, 2.24) is 9.80 Å². The minimum absolute atomic E-state index is 0.0534. The summed E-state index contributed by atoms with van der Waals surface area (Å²) in [6.07, 6.45) is 6.57. The van der Waals surface area contributed by atoms with Crippen molar-refractivity contribution in [2.75, 3.05) is 13.1 Å². The van der Waals surface area contributed by atoms with Crippen LogP contribution in [0, 0.1) is 0 Å². The number of fused-ring (bicyclic) bond motifs is 1. The van der Waals surface area contributed by atoms with Crippen LogP contribution < -0.4 is 0 Å². The summed E-state index contributed by atoms with van der Waals surface area (Å²) in [5.74, 6) is 0.443. The van der Waals surface area contributed by atoms with E-state index in [0.717, 1.165) is 30.2 Å². The molecule has 5 heteroatoms. The third-order valence-electron chi connectivity index (χ3n) is 6.42. The normalized spacial score (nSPS) is 21.7. The number of amides is 2. The highest BCUT2D eigenvalue weighted by Crippen LogP contribution is 2.43. The molecule has 5 nitrogen and oxygen atoms in total. The zero-order valence-corrected chi connectivity index (χ0v) is 16.2. The summed E-state index contributed by atoms with van der Waals surface area (Å²) in [5.41, 5.74) is 0.675. The largest absolute Gasteiger partial charge is 0.451 e. The number of hydrogen-bond donors (Lipinski definition) is 0. The van der Waals surface area contributed by atoms with Crippen LogP contribution in [0.15, 0.2) is 34.7 Å². The molecule has 2 aliphatic rings. The van der Waals surface area contributed by atoms with Gasteiger partial charge in [-0.25, -0.2) is 0 Å². The van der Waals surface area contributed by atoms with E-state index in [0.29, 0.717) is 18.8 Å². The molecule has 1 spiro atoms. The molecule has 1 aliphatic heterocycles. The van der Waals surface area contributed by atoms with Crippen LogP contribution in [0.3, 0.4) is 0 Å². The second kappa shape index (κ2) is 7.02. The van der Waals surface area contributed by atoms with E-state index in [1.165, 1.54) is 19.3 Å². The number of carbonyl (C=O) groups excluding carboxylic acids is 2. The van der Waals surface area contributed by atoms with Gasteiger partial charge in [-0.2, -0.15) is 0 Å². The van der Waals surface area contributed by atoms with E-state index in [-0.39, 0.29) is 23.4 Å². The highest BCUT2D eigenvalue weighted by atomic mass is 16.3. The minimum Gasteiger partial charge on any atom is -0.451 e. The van der Waals surface area contributed by atoms with Gasteiger partial charge in [0.2, 0.25) is 5.91 Å². The first-order valence-electron chi connectivity index (χ1n) is 10.1. The number of likely N-dealkylation sites (N-methyl/N-ethyl adjacent to an activating group) is 1. The fraction of sp³-hybridized carbons (Fsp3) is 0.545. The molecule has 1 aliphatic carbocycles. The van der Waals surface area contributed by atoms with E-state index < -0.39 is 0 Å². The van der Waals surface area contributed by atoms with Crippen LogP contribution in [0.1, 0.15) is 62.9 Å². The van der Waals surface area contributed by atoms with Crippen molar-refractivity contribution < 1.29 is 14.0 Å². The van der Waals surface area contributed by atoms with Crippen molar-refractivity contribution >= 4 is 22.8 Å². The van der Waals surface area contributed by atoms with Crippen LogP contribution in [0.25, 0.3) is 11.0 Å². The Morgan fingerprint density at radius 3 is 2.63 bits per heavy atom. The van der Waals surface area contributed by atoms with E-state index >= 15 is 0 Å². The van der Waals surface area contributed by atoms with Gasteiger partial charge in [0.15, 0.2) is 5.76 Å². The van der Waals surface area contributed by atoms with Crippen LogP contribution in [0.2, 0.25) is 0 Å². The lowest BCUT2D eigenvalue weighted by Crippen LogP contribution is -2.47. The van der Waals surface area contributed by atoms with Gasteiger partial charge in [-0.15, -0.1) is 0 Å². The van der Waals surface area contributed by atoms with E-state index in [1.807, 2.05) is 47.1 Å². The molecule has 1 aromatic carbocycles. The maximum absolute atomic E-state index is 13.2. The van der Waals surface area contributed by atoms with E-state index in [2.05, 4.69) is 0 Å². The van der Waals surface area contributed by atoms with Crippen LogP contribution in [0.4, 0.5) is 0 Å². The average Bonchev–Trinajstić information content (AvgIpc) is 3.25. The lowest BCUT2D eigenvalue weighted by Gasteiger charge is -2.41. The van der Waals surface area contributed by atoms with E-state index in [1.54, 1.807) is 6.92 Å². The van der Waals surface area contributed by atoms with Gasteiger partial charge in [0, 0.05) is 30.9 Å². The number of hydrogen-bond acceptors (Lipinski definition) is 3. The average molecular weight is 368 g/mol. The summed E-state index contributed by atoms with van der Waals surface area (Å²) in [4.78, 5) is 29.5. The molecule has 2 amide bonds. The quantitative estimate of drug-likeness (QED) is 0.815. The van der Waals surface area contributed by atoms with Crippen molar-refractivity contribution in [2.24, 2.45) is 0 Å². The second-order valence-corrected chi connectivity index (χ2v) is 8.01. The molecule has 1 atom stereocenters. The Labute approximate surface area is 160 Å². The van der Waals surface area contributed by atoms with Gasteiger partial charge in [0.05, 0.1) is 6.04 Å². The van der Waals surface area contributed by atoms with Crippen molar-refractivity contribution in [1.29, 1.82) is 0 Å².